The zero-order valence-electron chi connectivity index (χ0n) is 10.2. The van der Waals surface area contributed by atoms with Gasteiger partial charge in [-0.15, -0.1) is 0 Å². The van der Waals surface area contributed by atoms with Crippen LogP contribution in [0.3, 0.4) is 0 Å². The van der Waals surface area contributed by atoms with Gasteiger partial charge in [0.1, 0.15) is 4.99 Å². The average molecular weight is 319 g/mol. The van der Waals surface area contributed by atoms with E-state index in [-0.39, 0.29) is 22.5 Å². The molecule has 0 saturated carbocycles. The number of thiocarbonyl (C=S) groups is 1. The summed E-state index contributed by atoms with van der Waals surface area (Å²) in [5.41, 5.74) is 7.03. The maximum Gasteiger partial charge on any atom is 0.152 e. The second kappa shape index (κ2) is 5.64. The standard InChI is InChI=1S/C12H15ClN2O2S2/c13-8-3-4-10(12(14)18)11(6-8)15-9-2-1-5-19(16,17)7-9/h3-4,6,9,15H,1-2,5,7H2,(H2,14,18). The van der Waals surface area contributed by atoms with E-state index in [9.17, 15) is 8.42 Å². The van der Waals surface area contributed by atoms with Gasteiger partial charge in [0.2, 0.25) is 0 Å². The molecule has 2 rings (SSSR count). The van der Waals surface area contributed by atoms with Gasteiger partial charge in [-0.1, -0.05) is 23.8 Å². The monoisotopic (exact) mass is 318 g/mol. The molecular formula is C12H15ClN2O2S2. The van der Waals surface area contributed by atoms with Gasteiger partial charge in [0.25, 0.3) is 0 Å². The summed E-state index contributed by atoms with van der Waals surface area (Å²) >= 11 is 10.9. The van der Waals surface area contributed by atoms with E-state index in [1.54, 1.807) is 18.2 Å². The Morgan fingerprint density at radius 2 is 2.21 bits per heavy atom. The maximum absolute atomic E-state index is 11.6. The van der Waals surface area contributed by atoms with Crippen molar-refractivity contribution in [1.29, 1.82) is 0 Å². The molecule has 3 N–H and O–H groups in total. The highest BCUT2D eigenvalue weighted by Gasteiger charge is 2.25. The van der Waals surface area contributed by atoms with E-state index in [0.29, 0.717) is 22.7 Å². The summed E-state index contributed by atoms with van der Waals surface area (Å²) in [6.07, 6.45) is 1.48. The van der Waals surface area contributed by atoms with Crippen molar-refractivity contribution >= 4 is 44.3 Å². The number of benzene rings is 1. The molecule has 0 bridgehead atoms. The average Bonchev–Trinajstić information content (AvgIpc) is 2.27. The number of sulfone groups is 1. The maximum atomic E-state index is 11.6. The number of hydrogen-bond donors (Lipinski definition) is 2. The zero-order valence-corrected chi connectivity index (χ0v) is 12.6. The molecule has 1 aliphatic heterocycles. The molecule has 1 atom stereocenters. The van der Waals surface area contributed by atoms with E-state index < -0.39 is 9.84 Å². The van der Waals surface area contributed by atoms with E-state index >= 15 is 0 Å². The molecule has 1 unspecified atom stereocenters. The zero-order chi connectivity index (χ0) is 14.0. The van der Waals surface area contributed by atoms with E-state index in [1.165, 1.54) is 0 Å². The second-order valence-electron chi connectivity index (χ2n) is 4.65. The minimum absolute atomic E-state index is 0.120. The first-order valence-electron chi connectivity index (χ1n) is 5.94. The first-order valence-corrected chi connectivity index (χ1v) is 8.54. The third kappa shape index (κ3) is 3.81. The number of halogens is 1. The van der Waals surface area contributed by atoms with E-state index in [2.05, 4.69) is 5.32 Å². The van der Waals surface area contributed by atoms with Gasteiger partial charge in [0.05, 0.1) is 11.5 Å². The Balaban J connectivity index is 2.23. The Kier molecular flexibility index (Phi) is 4.32. The molecule has 0 aliphatic carbocycles. The smallest absolute Gasteiger partial charge is 0.152 e. The van der Waals surface area contributed by atoms with Gasteiger partial charge in [-0.3, -0.25) is 0 Å². The summed E-state index contributed by atoms with van der Waals surface area (Å²) in [6, 6.07) is 5.05. The summed E-state index contributed by atoms with van der Waals surface area (Å²) in [6.45, 7) is 0. The molecule has 19 heavy (non-hydrogen) atoms. The number of nitrogens with one attached hydrogen (secondary N) is 1. The van der Waals surface area contributed by atoms with E-state index in [4.69, 9.17) is 29.6 Å². The SMILES string of the molecule is NC(=S)c1ccc(Cl)cc1NC1CCCS(=O)(=O)C1. The lowest BCUT2D eigenvalue weighted by Crippen LogP contribution is -2.35. The molecule has 0 amide bonds. The summed E-state index contributed by atoms with van der Waals surface area (Å²) in [5.74, 6) is 0.402. The van der Waals surface area contributed by atoms with Crippen molar-refractivity contribution in [3.63, 3.8) is 0 Å². The van der Waals surface area contributed by atoms with Crippen molar-refractivity contribution < 1.29 is 8.42 Å². The van der Waals surface area contributed by atoms with Crippen LogP contribution in [0, 0.1) is 0 Å². The second-order valence-corrected chi connectivity index (χ2v) is 7.76. The van der Waals surface area contributed by atoms with Crippen molar-refractivity contribution in [2.45, 2.75) is 18.9 Å². The number of anilines is 1. The quantitative estimate of drug-likeness (QED) is 0.834. The lowest BCUT2D eigenvalue weighted by atomic mass is 10.1. The van der Waals surface area contributed by atoms with Gasteiger partial charge in [0.15, 0.2) is 9.84 Å². The van der Waals surface area contributed by atoms with Crippen molar-refractivity contribution in [3.05, 3.63) is 28.8 Å². The van der Waals surface area contributed by atoms with Crippen LogP contribution < -0.4 is 11.1 Å². The molecule has 4 nitrogen and oxygen atoms in total. The highest BCUT2D eigenvalue weighted by atomic mass is 35.5. The Morgan fingerprint density at radius 1 is 1.47 bits per heavy atom. The van der Waals surface area contributed by atoms with Crippen LogP contribution in [0.1, 0.15) is 18.4 Å². The molecule has 1 aliphatic rings. The highest BCUT2D eigenvalue weighted by molar-refractivity contribution is 7.91. The Bertz CT molecular complexity index is 602. The molecule has 0 aromatic heterocycles. The normalized spacial score (nSPS) is 21.8. The molecule has 7 heteroatoms. The highest BCUT2D eigenvalue weighted by Crippen LogP contribution is 2.24. The van der Waals surface area contributed by atoms with Crippen LogP contribution in [0.5, 0.6) is 0 Å². The third-order valence-corrected chi connectivity index (χ3v) is 5.35. The molecule has 1 aromatic rings. The molecule has 1 aromatic carbocycles. The van der Waals surface area contributed by atoms with Gasteiger partial charge in [-0.25, -0.2) is 8.42 Å². The van der Waals surface area contributed by atoms with Gasteiger partial charge < -0.3 is 11.1 Å². The largest absolute Gasteiger partial charge is 0.389 e. The van der Waals surface area contributed by atoms with Crippen molar-refractivity contribution in [2.75, 3.05) is 16.8 Å². The van der Waals surface area contributed by atoms with Crippen LogP contribution in [0.25, 0.3) is 0 Å². The first-order chi connectivity index (χ1) is 8.87. The number of rotatable bonds is 3. The Labute approximate surface area is 123 Å². The fourth-order valence-corrected chi connectivity index (χ4v) is 4.19. The summed E-state index contributed by atoms with van der Waals surface area (Å²) in [4.78, 5) is 0.262. The Hall–Kier alpha value is -0.850. The van der Waals surface area contributed by atoms with Crippen LogP contribution in [0.2, 0.25) is 5.02 Å². The summed E-state index contributed by atoms with van der Waals surface area (Å²) in [7, 11) is -2.95. The van der Waals surface area contributed by atoms with E-state index in [1.807, 2.05) is 0 Å². The number of hydrogen-bond acceptors (Lipinski definition) is 4. The molecule has 0 spiro atoms. The van der Waals surface area contributed by atoms with E-state index in [0.717, 1.165) is 6.42 Å². The minimum atomic E-state index is -2.95. The van der Waals surface area contributed by atoms with Gasteiger partial charge in [-0.05, 0) is 31.0 Å². The minimum Gasteiger partial charge on any atom is -0.389 e. The van der Waals surface area contributed by atoms with Crippen LogP contribution in [0.15, 0.2) is 18.2 Å². The first kappa shape index (κ1) is 14.6. The van der Waals surface area contributed by atoms with Crippen molar-refractivity contribution in [1.82, 2.24) is 0 Å². The predicted molar refractivity (Wildman–Crippen MR) is 82.6 cm³/mol. The van der Waals surface area contributed by atoms with Gasteiger partial charge in [-0.2, -0.15) is 0 Å². The molecule has 0 radical (unpaired) electrons. The van der Waals surface area contributed by atoms with Crippen molar-refractivity contribution in [2.24, 2.45) is 5.73 Å². The fraction of sp³-hybridized carbons (Fsp3) is 0.417. The van der Waals surface area contributed by atoms with Gasteiger partial charge >= 0.3 is 0 Å². The summed E-state index contributed by atoms with van der Waals surface area (Å²) in [5, 5.41) is 3.75. The molecule has 1 heterocycles. The summed E-state index contributed by atoms with van der Waals surface area (Å²) < 4.78 is 23.2. The lowest BCUT2D eigenvalue weighted by Gasteiger charge is -2.25. The van der Waals surface area contributed by atoms with Gasteiger partial charge in [0, 0.05) is 22.3 Å². The van der Waals surface area contributed by atoms with Crippen molar-refractivity contribution in [3.8, 4) is 0 Å². The molecule has 1 saturated heterocycles. The van der Waals surface area contributed by atoms with Crippen LogP contribution in [0.4, 0.5) is 5.69 Å². The number of nitrogens with two attached hydrogens (primary N) is 1. The third-order valence-electron chi connectivity index (χ3n) is 3.07. The molecule has 104 valence electrons. The Morgan fingerprint density at radius 3 is 2.84 bits per heavy atom. The molecule has 1 fully saturated rings. The molecular weight excluding hydrogens is 304 g/mol. The topological polar surface area (TPSA) is 72.2 Å². The lowest BCUT2D eigenvalue weighted by molar-refractivity contribution is 0.562. The van der Waals surface area contributed by atoms with Crippen LogP contribution >= 0.6 is 23.8 Å². The fourth-order valence-electron chi connectivity index (χ4n) is 2.21. The van der Waals surface area contributed by atoms with Crippen LogP contribution in [-0.4, -0.2) is 31.0 Å². The van der Waals surface area contributed by atoms with Crippen LogP contribution in [-0.2, 0) is 9.84 Å². The predicted octanol–water partition coefficient (Wildman–Crippen LogP) is 1.96.